The van der Waals surface area contributed by atoms with E-state index < -0.39 is 0 Å². The first-order chi connectivity index (χ1) is 5.27. The van der Waals surface area contributed by atoms with Gasteiger partial charge >= 0.3 is 0 Å². The third-order valence-electron chi connectivity index (χ3n) is 2.91. The Kier molecular flexibility index (Phi) is 1.52. The molecular weight excluding hydrogens is 134 g/mol. The van der Waals surface area contributed by atoms with E-state index in [0.29, 0.717) is 0 Å². The first-order valence-corrected chi connectivity index (χ1v) is 4.34. The van der Waals surface area contributed by atoms with E-state index in [2.05, 4.69) is 30.8 Å². The number of fused-ring (bicyclic) bond motifs is 1. The van der Waals surface area contributed by atoms with E-state index in [1.54, 1.807) is 0 Å². The molecule has 0 radical (unpaired) electrons. The smallest absolute Gasteiger partial charge is 0.0381 e. The van der Waals surface area contributed by atoms with Gasteiger partial charge in [-0.1, -0.05) is 18.2 Å². The molecule has 0 N–H and O–H groups in total. The van der Waals surface area contributed by atoms with E-state index in [1.807, 2.05) is 0 Å². The molecule has 0 spiro atoms. The molecule has 0 aromatic rings. The molecule has 2 aliphatic rings. The molecule has 0 saturated heterocycles. The van der Waals surface area contributed by atoms with Crippen molar-refractivity contribution in [2.45, 2.75) is 25.3 Å². The Balaban J connectivity index is 2.11. The van der Waals surface area contributed by atoms with Crippen molar-refractivity contribution in [3.05, 3.63) is 24.4 Å². The number of nitrogens with zero attached hydrogens (tertiary/aromatic N) is 1. The van der Waals surface area contributed by atoms with Gasteiger partial charge < -0.3 is 4.90 Å². The predicted molar refractivity (Wildman–Crippen MR) is 47.2 cm³/mol. The number of hydrogen-bond donors (Lipinski definition) is 0. The second-order valence-electron chi connectivity index (χ2n) is 3.73. The fourth-order valence-corrected chi connectivity index (χ4v) is 2.14. The molecule has 1 fully saturated rings. The van der Waals surface area contributed by atoms with Gasteiger partial charge in [0, 0.05) is 13.1 Å². The molecule has 2 atom stereocenters. The fourth-order valence-electron chi connectivity index (χ4n) is 2.14. The second-order valence-corrected chi connectivity index (χ2v) is 3.73. The number of hydrogen-bond acceptors (Lipinski definition) is 1. The Bertz CT molecular complexity index is 205. The lowest BCUT2D eigenvalue weighted by Gasteiger charge is -2.31. The lowest BCUT2D eigenvalue weighted by Crippen LogP contribution is -2.31. The highest BCUT2D eigenvalue weighted by Gasteiger charge is 2.30. The standard InChI is InChI=1S/C10H15N/c1-8-3-4-9-5-6-11(2)10(9)7-8/h5-6,9-10H,1,3-4,7H2,2H3. The van der Waals surface area contributed by atoms with Crippen LogP contribution in [0.1, 0.15) is 19.3 Å². The molecule has 0 amide bonds. The van der Waals surface area contributed by atoms with E-state index in [-0.39, 0.29) is 0 Å². The molecule has 1 nitrogen and oxygen atoms in total. The molecule has 1 heterocycles. The molecule has 2 rings (SSSR count). The van der Waals surface area contributed by atoms with Crippen LogP contribution >= 0.6 is 0 Å². The summed E-state index contributed by atoms with van der Waals surface area (Å²) in [7, 11) is 2.17. The van der Waals surface area contributed by atoms with Crippen LogP contribution in [0, 0.1) is 5.92 Å². The van der Waals surface area contributed by atoms with Gasteiger partial charge in [-0.2, -0.15) is 0 Å². The van der Waals surface area contributed by atoms with Gasteiger partial charge in [-0.3, -0.25) is 0 Å². The summed E-state index contributed by atoms with van der Waals surface area (Å²) in [5.41, 5.74) is 1.43. The van der Waals surface area contributed by atoms with Crippen molar-refractivity contribution in [2.24, 2.45) is 5.92 Å². The lowest BCUT2D eigenvalue weighted by atomic mass is 9.83. The van der Waals surface area contributed by atoms with Gasteiger partial charge in [0.2, 0.25) is 0 Å². The maximum absolute atomic E-state index is 4.05. The van der Waals surface area contributed by atoms with Crippen LogP contribution in [0.5, 0.6) is 0 Å². The van der Waals surface area contributed by atoms with Gasteiger partial charge in [-0.25, -0.2) is 0 Å². The first-order valence-electron chi connectivity index (χ1n) is 4.34. The third kappa shape index (κ3) is 1.09. The normalized spacial score (nSPS) is 36.1. The first kappa shape index (κ1) is 6.96. The molecule has 0 aromatic heterocycles. The molecule has 2 unspecified atom stereocenters. The van der Waals surface area contributed by atoms with Gasteiger partial charge in [-0.15, -0.1) is 0 Å². The van der Waals surface area contributed by atoms with Crippen LogP contribution in [-0.2, 0) is 0 Å². The van der Waals surface area contributed by atoms with E-state index >= 15 is 0 Å². The monoisotopic (exact) mass is 149 g/mol. The van der Waals surface area contributed by atoms with Gasteiger partial charge in [0.15, 0.2) is 0 Å². The van der Waals surface area contributed by atoms with Crippen LogP contribution < -0.4 is 0 Å². The van der Waals surface area contributed by atoms with Crippen molar-refractivity contribution in [3.63, 3.8) is 0 Å². The van der Waals surface area contributed by atoms with Crippen molar-refractivity contribution in [2.75, 3.05) is 7.05 Å². The summed E-state index contributed by atoms with van der Waals surface area (Å²) in [4.78, 5) is 2.33. The maximum atomic E-state index is 4.05. The molecule has 1 aliphatic heterocycles. The minimum absolute atomic E-state index is 0.733. The highest BCUT2D eigenvalue weighted by molar-refractivity contribution is 5.13. The Morgan fingerprint density at radius 1 is 1.64 bits per heavy atom. The molecule has 1 saturated carbocycles. The van der Waals surface area contributed by atoms with Gasteiger partial charge in [0.1, 0.15) is 0 Å². The molecule has 0 aromatic carbocycles. The summed E-state index contributed by atoms with van der Waals surface area (Å²) < 4.78 is 0. The van der Waals surface area contributed by atoms with Crippen LogP contribution in [0.2, 0.25) is 0 Å². The Morgan fingerprint density at radius 2 is 2.45 bits per heavy atom. The van der Waals surface area contributed by atoms with Crippen molar-refractivity contribution >= 4 is 0 Å². The molecule has 60 valence electrons. The molecular formula is C10H15N. The fraction of sp³-hybridized carbons (Fsp3) is 0.600. The summed E-state index contributed by atoms with van der Waals surface area (Å²) >= 11 is 0. The van der Waals surface area contributed by atoms with Crippen LogP contribution in [0.15, 0.2) is 24.4 Å². The summed E-state index contributed by atoms with van der Waals surface area (Å²) in [6.07, 6.45) is 8.31. The Hall–Kier alpha value is -0.720. The second kappa shape index (κ2) is 2.40. The largest absolute Gasteiger partial charge is 0.377 e. The van der Waals surface area contributed by atoms with Crippen molar-refractivity contribution < 1.29 is 0 Å². The van der Waals surface area contributed by atoms with E-state index in [1.165, 1.54) is 24.8 Å². The average Bonchev–Trinajstić information content (AvgIpc) is 2.33. The Labute approximate surface area is 68.4 Å². The zero-order chi connectivity index (χ0) is 7.84. The summed E-state index contributed by atoms with van der Waals surface area (Å²) in [6, 6.07) is 0.733. The predicted octanol–water partition coefficient (Wildman–Crippen LogP) is 2.17. The van der Waals surface area contributed by atoms with Crippen LogP contribution in [-0.4, -0.2) is 18.0 Å². The van der Waals surface area contributed by atoms with E-state index in [0.717, 1.165) is 12.0 Å². The maximum Gasteiger partial charge on any atom is 0.0381 e. The highest BCUT2D eigenvalue weighted by Crippen LogP contribution is 2.34. The summed E-state index contributed by atoms with van der Waals surface area (Å²) in [5, 5.41) is 0. The minimum atomic E-state index is 0.733. The number of rotatable bonds is 0. The topological polar surface area (TPSA) is 3.24 Å². The minimum Gasteiger partial charge on any atom is -0.377 e. The van der Waals surface area contributed by atoms with Crippen LogP contribution in [0.25, 0.3) is 0 Å². The quantitative estimate of drug-likeness (QED) is 0.477. The van der Waals surface area contributed by atoms with E-state index in [4.69, 9.17) is 0 Å². The van der Waals surface area contributed by atoms with Gasteiger partial charge in [0.05, 0.1) is 0 Å². The molecule has 1 aliphatic carbocycles. The molecule has 1 heteroatoms. The average molecular weight is 149 g/mol. The van der Waals surface area contributed by atoms with Gasteiger partial charge in [-0.05, 0) is 31.4 Å². The third-order valence-corrected chi connectivity index (χ3v) is 2.91. The van der Waals surface area contributed by atoms with Crippen LogP contribution in [0.4, 0.5) is 0 Å². The highest BCUT2D eigenvalue weighted by atomic mass is 15.1. The Morgan fingerprint density at radius 3 is 3.27 bits per heavy atom. The zero-order valence-electron chi connectivity index (χ0n) is 7.09. The van der Waals surface area contributed by atoms with Crippen LogP contribution in [0.3, 0.4) is 0 Å². The van der Waals surface area contributed by atoms with Crippen molar-refractivity contribution in [1.82, 2.24) is 4.90 Å². The zero-order valence-corrected chi connectivity index (χ0v) is 7.09. The van der Waals surface area contributed by atoms with Crippen molar-refractivity contribution in [3.8, 4) is 0 Å². The van der Waals surface area contributed by atoms with E-state index in [9.17, 15) is 0 Å². The van der Waals surface area contributed by atoms with Gasteiger partial charge in [0.25, 0.3) is 0 Å². The van der Waals surface area contributed by atoms with Crippen molar-refractivity contribution in [1.29, 1.82) is 0 Å². The summed E-state index contributed by atoms with van der Waals surface area (Å²) in [6.45, 7) is 4.05. The SMILES string of the molecule is C=C1CCC2C=CN(C)C2C1. The lowest BCUT2D eigenvalue weighted by molar-refractivity contribution is 0.264. The summed E-state index contributed by atoms with van der Waals surface area (Å²) in [5.74, 6) is 0.811. The molecule has 0 bridgehead atoms. The molecule has 11 heavy (non-hydrogen) atoms.